The highest BCUT2D eigenvalue weighted by atomic mass is 79.9. The molecule has 0 spiro atoms. The van der Waals surface area contributed by atoms with Gasteiger partial charge in [0.05, 0.1) is 11.3 Å². The first kappa shape index (κ1) is 20.1. The zero-order valence-corrected chi connectivity index (χ0v) is 18.0. The summed E-state index contributed by atoms with van der Waals surface area (Å²) in [5, 5.41) is 0.528. The zero-order valence-electron chi connectivity index (χ0n) is 15.7. The van der Waals surface area contributed by atoms with Gasteiger partial charge in [-0.05, 0) is 42.0 Å². The minimum atomic E-state index is -0.289. The van der Waals surface area contributed by atoms with Crippen LogP contribution in [0.4, 0.5) is 5.82 Å². The van der Waals surface area contributed by atoms with Gasteiger partial charge in [0.25, 0.3) is 0 Å². The van der Waals surface area contributed by atoms with Gasteiger partial charge in [-0.1, -0.05) is 70.0 Å². The lowest BCUT2D eigenvalue weighted by atomic mass is 9.93. The summed E-state index contributed by atoms with van der Waals surface area (Å²) in [6.45, 7) is 0. The highest BCUT2D eigenvalue weighted by molar-refractivity contribution is 9.10. The van der Waals surface area contributed by atoms with Crippen molar-refractivity contribution in [2.45, 2.75) is 0 Å². The third-order valence-corrected chi connectivity index (χ3v) is 5.48. The van der Waals surface area contributed by atoms with Gasteiger partial charge in [-0.25, -0.2) is 0 Å². The minimum absolute atomic E-state index is 0.143. The SMILES string of the molecule is Nc1[nH]c(C(=O)c2ccccc2)c(-c2cccc(Br)c2)c1C(=O)c1ccc(Cl)cc1. The molecule has 0 bridgehead atoms. The van der Waals surface area contributed by atoms with E-state index in [9.17, 15) is 9.59 Å². The van der Waals surface area contributed by atoms with Crippen LogP contribution in [-0.2, 0) is 0 Å². The Morgan fingerprint density at radius 1 is 0.833 bits per heavy atom. The van der Waals surface area contributed by atoms with Crippen LogP contribution >= 0.6 is 27.5 Å². The predicted octanol–water partition coefficient (Wildman–Crippen LogP) is 6.14. The van der Waals surface area contributed by atoms with Crippen molar-refractivity contribution in [1.82, 2.24) is 4.98 Å². The maximum absolute atomic E-state index is 13.4. The summed E-state index contributed by atoms with van der Waals surface area (Å²) in [5.41, 5.74) is 8.87. The largest absolute Gasteiger partial charge is 0.385 e. The number of hydrogen-bond acceptors (Lipinski definition) is 3. The van der Waals surface area contributed by atoms with Crippen LogP contribution in [0.2, 0.25) is 5.02 Å². The second-order valence-electron chi connectivity index (χ2n) is 6.71. The summed E-state index contributed by atoms with van der Waals surface area (Å²) in [7, 11) is 0. The number of halogens is 2. The van der Waals surface area contributed by atoms with Crippen molar-refractivity contribution in [3.63, 3.8) is 0 Å². The molecule has 3 N–H and O–H groups in total. The van der Waals surface area contributed by atoms with E-state index in [0.717, 1.165) is 4.47 Å². The first-order valence-corrected chi connectivity index (χ1v) is 10.3. The summed E-state index contributed by atoms with van der Waals surface area (Å²) in [4.78, 5) is 29.6. The number of carbonyl (C=O) groups excluding carboxylic acids is 2. The van der Waals surface area contributed by atoms with Gasteiger partial charge in [-0.15, -0.1) is 0 Å². The average Bonchev–Trinajstić information content (AvgIpc) is 3.11. The number of aromatic amines is 1. The molecule has 0 saturated carbocycles. The van der Waals surface area contributed by atoms with E-state index >= 15 is 0 Å². The van der Waals surface area contributed by atoms with Gasteiger partial charge in [0, 0.05) is 26.2 Å². The molecule has 0 atom stereocenters. The van der Waals surface area contributed by atoms with Crippen LogP contribution in [-0.4, -0.2) is 16.6 Å². The van der Waals surface area contributed by atoms with Crippen molar-refractivity contribution >= 4 is 44.9 Å². The Balaban J connectivity index is 1.94. The number of H-pyrrole nitrogens is 1. The fourth-order valence-electron chi connectivity index (χ4n) is 3.34. The maximum Gasteiger partial charge on any atom is 0.209 e. The third-order valence-electron chi connectivity index (χ3n) is 4.74. The Labute approximate surface area is 186 Å². The molecule has 0 radical (unpaired) electrons. The minimum Gasteiger partial charge on any atom is -0.385 e. The number of benzene rings is 3. The van der Waals surface area contributed by atoms with Gasteiger partial charge in [0.2, 0.25) is 5.78 Å². The van der Waals surface area contributed by atoms with Crippen LogP contribution in [0.3, 0.4) is 0 Å². The Hall–Kier alpha value is -3.15. The Morgan fingerprint density at radius 2 is 1.50 bits per heavy atom. The van der Waals surface area contributed by atoms with E-state index in [1.54, 1.807) is 48.5 Å². The summed E-state index contributed by atoms with van der Waals surface area (Å²) < 4.78 is 0.822. The van der Waals surface area contributed by atoms with Gasteiger partial charge in [-0.2, -0.15) is 0 Å². The first-order chi connectivity index (χ1) is 14.5. The molecule has 1 aromatic heterocycles. The van der Waals surface area contributed by atoms with Gasteiger partial charge in [0.15, 0.2) is 5.78 Å². The summed E-state index contributed by atoms with van der Waals surface area (Å²) in [6, 6.07) is 22.8. The molecule has 4 rings (SSSR count). The number of rotatable bonds is 5. The Bertz CT molecular complexity index is 1250. The van der Waals surface area contributed by atoms with Crippen LogP contribution in [0.15, 0.2) is 83.3 Å². The monoisotopic (exact) mass is 478 g/mol. The molecular formula is C24H16BrClN2O2. The predicted molar refractivity (Wildman–Crippen MR) is 123 cm³/mol. The first-order valence-electron chi connectivity index (χ1n) is 9.13. The number of aromatic nitrogens is 1. The van der Waals surface area contributed by atoms with E-state index in [4.69, 9.17) is 17.3 Å². The molecular weight excluding hydrogens is 464 g/mol. The van der Waals surface area contributed by atoms with Crippen molar-refractivity contribution in [3.8, 4) is 11.1 Å². The van der Waals surface area contributed by atoms with Gasteiger partial charge >= 0.3 is 0 Å². The summed E-state index contributed by atoms with van der Waals surface area (Å²) in [6.07, 6.45) is 0. The van der Waals surface area contributed by atoms with E-state index < -0.39 is 0 Å². The maximum atomic E-state index is 13.4. The lowest BCUT2D eigenvalue weighted by Crippen LogP contribution is -2.06. The van der Waals surface area contributed by atoms with Crippen LogP contribution in [0.5, 0.6) is 0 Å². The highest BCUT2D eigenvalue weighted by Gasteiger charge is 2.27. The molecule has 4 nitrogen and oxygen atoms in total. The molecule has 0 aliphatic rings. The highest BCUT2D eigenvalue weighted by Crippen LogP contribution is 2.36. The van der Waals surface area contributed by atoms with E-state index in [1.807, 2.05) is 30.3 Å². The number of nitrogens with two attached hydrogens (primary N) is 1. The van der Waals surface area contributed by atoms with Crippen molar-refractivity contribution in [1.29, 1.82) is 0 Å². The molecule has 4 aromatic rings. The summed E-state index contributed by atoms with van der Waals surface area (Å²) in [5.74, 6) is -0.390. The molecule has 3 aromatic carbocycles. The second-order valence-corrected chi connectivity index (χ2v) is 8.06. The van der Waals surface area contributed by atoms with Crippen LogP contribution < -0.4 is 5.73 Å². The molecule has 148 valence electrons. The van der Waals surface area contributed by atoms with Crippen molar-refractivity contribution < 1.29 is 9.59 Å². The van der Waals surface area contributed by atoms with E-state index in [2.05, 4.69) is 20.9 Å². The fraction of sp³-hybridized carbons (Fsp3) is 0. The van der Waals surface area contributed by atoms with Gasteiger partial charge < -0.3 is 10.7 Å². The van der Waals surface area contributed by atoms with E-state index in [0.29, 0.717) is 27.3 Å². The average molecular weight is 480 g/mol. The molecule has 0 amide bonds. The molecule has 1 heterocycles. The standard InChI is InChI=1S/C24H16BrClN2O2/c25-17-8-4-7-16(13-17)19-20(22(29)15-9-11-18(26)12-10-15)24(27)28-21(19)23(30)14-5-2-1-3-6-14/h1-13,28H,27H2. The summed E-state index contributed by atoms with van der Waals surface area (Å²) >= 11 is 9.42. The van der Waals surface area contributed by atoms with Crippen molar-refractivity contribution in [3.05, 3.63) is 111 Å². The fourth-order valence-corrected chi connectivity index (χ4v) is 3.86. The number of hydrogen-bond donors (Lipinski definition) is 2. The quantitative estimate of drug-likeness (QED) is 0.337. The molecule has 0 aliphatic carbocycles. The second kappa shape index (κ2) is 8.30. The molecule has 0 unspecified atom stereocenters. The van der Waals surface area contributed by atoms with Crippen molar-refractivity contribution in [2.24, 2.45) is 0 Å². The molecule has 0 fully saturated rings. The van der Waals surface area contributed by atoms with Crippen LogP contribution in [0.25, 0.3) is 11.1 Å². The molecule has 0 aliphatic heterocycles. The number of ketones is 2. The number of nitrogens with one attached hydrogen (secondary N) is 1. The topological polar surface area (TPSA) is 76.0 Å². The van der Waals surface area contributed by atoms with Gasteiger partial charge in [0.1, 0.15) is 5.82 Å². The molecule has 30 heavy (non-hydrogen) atoms. The number of anilines is 1. The van der Waals surface area contributed by atoms with Crippen LogP contribution in [0.1, 0.15) is 32.0 Å². The smallest absolute Gasteiger partial charge is 0.209 e. The number of carbonyl (C=O) groups is 2. The lowest BCUT2D eigenvalue weighted by Gasteiger charge is -2.09. The lowest BCUT2D eigenvalue weighted by molar-refractivity contribution is 0.103. The molecule has 6 heteroatoms. The van der Waals surface area contributed by atoms with Crippen LogP contribution in [0, 0.1) is 0 Å². The molecule has 0 saturated heterocycles. The van der Waals surface area contributed by atoms with Gasteiger partial charge in [-0.3, -0.25) is 9.59 Å². The van der Waals surface area contributed by atoms with E-state index in [-0.39, 0.29) is 28.6 Å². The van der Waals surface area contributed by atoms with Crippen molar-refractivity contribution in [2.75, 3.05) is 5.73 Å². The number of nitrogen functional groups attached to an aromatic ring is 1. The normalized spacial score (nSPS) is 10.7. The Kier molecular flexibility index (Phi) is 5.57. The Morgan fingerprint density at radius 3 is 2.17 bits per heavy atom. The van der Waals surface area contributed by atoms with E-state index in [1.165, 1.54) is 0 Å². The zero-order chi connectivity index (χ0) is 21.3. The third kappa shape index (κ3) is 3.82.